The van der Waals surface area contributed by atoms with Gasteiger partial charge in [-0.1, -0.05) is 12.1 Å². The molecule has 0 saturated heterocycles. The van der Waals surface area contributed by atoms with E-state index in [0.29, 0.717) is 6.04 Å². The molecule has 0 aliphatic carbocycles. The van der Waals surface area contributed by atoms with Gasteiger partial charge in [0.15, 0.2) is 0 Å². The highest BCUT2D eigenvalue weighted by Gasteiger charge is 2.24. The Hall–Kier alpha value is -1.18. The Morgan fingerprint density at radius 2 is 2.14 bits per heavy atom. The minimum atomic E-state index is 0.549. The van der Waals surface area contributed by atoms with E-state index >= 15 is 0 Å². The third-order valence-corrected chi connectivity index (χ3v) is 2.84. The van der Waals surface area contributed by atoms with Gasteiger partial charge in [-0.15, -0.1) is 0 Å². The van der Waals surface area contributed by atoms with Crippen molar-refractivity contribution >= 4 is 5.69 Å². The van der Waals surface area contributed by atoms with Crippen LogP contribution in [-0.4, -0.2) is 19.7 Å². The fraction of sp³-hybridized carbons (Fsp3) is 0.500. The fourth-order valence-electron chi connectivity index (χ4n) is 2.13. The zero-order valence-electron chi connectivity index (χ0n) is 9.08. The SMILES string of the molecule is COc1cccc2c1N(C(C)C)CC2. The van der Waals surface area contributed by atoms with Crippen LogP contribution in [0.15, 0.2) is 18.2 Å². The molecule has 0 spiro atoms. The van der Waals surface area contributed by atoms with E-state index in [2.05, 4.69) is 30.9 Å². The lowest BCUT2D eigenvalue weighted by Gasteiger charge is -2.25. The van der Waals surface area contributed by atoms with Crippen LogP contribution in [0, 0.1) is 0 Å². The quantitative estimate of drug-likeness (QED) is 0.712. The van der Waals surface area contributed by atoms with Crippen molar-refractivity contribution in [1.82, 2.24) is 0 Å². The summed E-state index contributed by atoms with van der Waals surface area (Å²) in [6, 6.07) is 6.86. The Labute approximate surface area is 85.5 Å². The normalized spacial score (nSPS) is 14.7. The average molecular weight is 191 g/mol. The van der Waals surface area contributed by atoms with Gasteiger partial charge in [-0.05, 0) is 31.9 Å². The van der Waals surface area contributed by atoms with Gasteiger partial charge in [-0.3, -0.25) is 0 Å². The van der Waals surface area contributed by atoms with Crippen LogP contribution in [-0.2, 0) is 6.42 Å². The third-order valence-electron chi connectivity index (χ3n) is 2.84. The first-order valence-corrected chi connectivity index (χ1v) is 5.16. The molecule has 1 aromatic rings. The van der Waals surface area contributed by atoms with Crippen LogP contribution >= 0.6 is 0 Å². The highest BCUT2D eigenvalue weighted by Crippen LogP contribution is 2.37. The number of benzene rings is 1. The predicted molar refractivity (Wildman–Crippen MR) is 59.2 cm³/mol. The zero-order valence-corrected chi connectivity index (χ0v) is 9.08. The molecule has 0 atom stereocenters. The van der Waals surface area contributed by atoms with Crippen molar-refractivity contribution in [1.29, 1.82) is 0 Å². The number of nitrogens with zero attached hydrogens (tertiary/aromatic N) is 1. The summed E-state index contributed by atoms with van der Waals surface area (Å²) >= 11 is 0. The van der Waals surface area contributed by atoms with Crippen LogP contribution in [0.2, 0.25) is 0 Å². The number of hydrogen-bond donors (Lipinski definition) is 0. The number of fused-ring (bicyclic) bond motifs is 1. The molecule has 1 aliphatic heterocycles. The molecular formula is C12H17NO. The van der Waals surface area contributed by atoms with Gasteiger partial charge in [0.1, 0.15) is 5.75 Å². The molecule has 1 aromatic carbocycles. The van der Waals surface area contributed by atoms with Gasteiger partial charge in [0.2, 0.25) is 0 Å². The maximum absolute atomic E-state index is 5.40. The van der Waals surface area contributed by atoms with Crippen molar-refractivity contribution in [3.05, 3.63) is 23.8 Å². The van der Waals surface area contributed by atoms with Crippen molar-refractivity contribution in [2.24, 2.45) is 0 Å². The zero-order chi connectivity index (χ0) is 10.1. The first kappa shape index (κ1) is 9.38. The topological polar surface area (TPSA) is 12.5 Å². The highest BCUT2D eigenvalue weighted by molar-refractivity contribution is 5.67. The maximum atomic E-state index is 5.40. The van der Waals surface area contributed by atoms with Gasteiger partial charge in [0, 0.05) is 12.6 Å². The molecule has 0 N–H and O–H groups in total. The summed E-state index contributed by atoms with van der Waals surface area (Å²) in [5.74, 6) is 1.01. The van der Waals surface area contributed by atoms with Crippen LogP contribution in [0.5, 0.6) is 5.75 Å². The van der Waals surface area contributed by atoms with Gasteiger partial charge in [0.05, 0.1) is 12.8 Å². The molecule has 76 valence electrons. The lowest BCUT2D eigenvalue weighted by molar-refractivity contribution is 0.414. The van der Waals surface area contributed by atoms with Gasteiger partial charge in [0.25, 0.3) is 0 Å². The molecule has 2 rings (SSSR count). The summed E-state index contributed by atoms with van der Waals surface area (Å²) in [7, 11) is 1.74. The Balaban J connectivity index is 2.45. The molecule has 0 saturated carbocycles. The molecule has 2 nitrogen and oxygen atoms in total. The van der Waals surface area contributed by atoms with E-state index in [0.717, 1.165) is 18.7 Å². The van der Waals surface area contributed by atoms with E-state index in [1.807, 2.05) is 6.07 Å². The summed E-state index contributed by atoms with van der Waals surface area (Å²) in [6.45, 7) is 5.57. The van der Waals surface area contributed by atoms with Crippen molar-refractivity contribution in [2.45, 2.75) is 26.3 Å². The van der Waals surface area contributed by atoms with Crippen molar-refractivity contribution in [3.63, 3.8) is 0 Å². The number of para-hydroxylation sites is 1. The second-order valence-electron chi connectivity index (χ2n) is 4.01. The Bertz CT molecular complexity index is 333. The van der Waals surface area contributed by atoms with Crippen molar-refractivity contribution < 1.29 is 4.74 Å². The molecule has 0 radical (unpaired) electrons. The minimum Gasteiger partial charge on any atom is -0.495 e. The van der Waals surface area contributed by atoms with E-state index in [1.54, 1.807) is 7.11 Å². The van der Waals surface area contributed by atoms with Gasteiger partial charge >= 0.3 is 0 Å². The first-order valence-electron chi connectivity index (χ1n) is 5.16. The van der Waals surface area contributed by atoms with Crippen LogP contribution in [0.1, 0.15) is 19.4 Å². The molecule has 14 heavy (non-hydrogen) atoms. The van der Waals surface area contributed by atoms with E-state index in [9.17, 15) is 0 Å². The number of anilines is 1. The lowest BCUT2D eigenvalue weighted by Crippen LogP contribution is -2.28. The van der Waals surface area contributed by atoms with Gasteiger partial charge in [-0.25, -0.2) is 0 Å². The molecular weight excluding hydrogens is 174 g/mol. The largest absolute Gasteiger partial charge is 0.495 e. The van der Waals surface area contributed by atoms with Gasteiger partial charge in [-0.2, -0.15) is 0 Å². The summed E-state index contributed by atoms with van der Waals surface area (Å²) < 4.78 is 5.40. The third kappa shape index (κ3) is 1.35. The van der Waals surface area contributed by atoms with Crippen LogP contribution in [0.4, 0.5) is 5.69 Å². The molecule has 0 amide bonds. The van der Waals surface area contributed by atoms with Gasteiger partial charge < -0.3 is 9.64 Å². The van der Waals surface area contributed by atoms with Crippen molar-refractivity contribution in [3.8, 4) is 5.75 Å². The summed E-state index contributed by atoms with van der Waals surface area (Å²) in [6.07, 6.45) is 1.14. The maximum Gasteiger partial charge on any atom is 0.142 e. The van der Waals surface area contributed by atoms with Crippen molar-refractivity contribution in [2.75, 3.05) is 18.6 Å². The van der Waals surface area contributed by atoms with E-state index in [4.69, 9.17) is 4.74 Å². The Kier molecular flexibility index (Phi) is 2.36. The van der Waals surface area contributed by atoms with Crippen LogP contribution < -0.4 is 9.64 Å². The second-order valence-corrected chi connectivity index (χ2v) is 4.01. The number of hydrogen-bond acceptors (Lipinski definition) is 2. The number of ether oxygens (including phenoxy) is 1. The molecule has 0 unspecified atom stereocenters. The minimum absolute atomic E-state index is 0.549. The summed E-state index contributed by atoms with van der Waals surface area (Å²) in [4.78, 5) is 2.41. The summed E-state index contributed by atoms with van der Waals surface area (Å²) in [5, 5.41) is 0. The standard InChI is InChI=1S/C12H17NO/c1-9(2)13-8-7-10-5-4-6-11(14-3)12(10)13/h4-6,9H,7-8H2,1-3H3. The monoisotopic (exact) mass is 191 g/mol. The number of rotatable bonds is 2. The number of methoxy groups -OCH3 is 1. The Morgan fingerprint density at radius 3 is 2.79 bits per heavy atom. The average Bonchev–Trinajstić information content (AvgIpc) is 2.60. The molecule has 1 aliphatic rings. The summed E-state index contributed by atoms with van der Waals surface area (Å²) in [5.41, 5.74) is 2.71. The smallest absolute Gasteiger partial charge is 0.142 e. The Morgan fingerprint density at radius 1 is 1.36 bits per heavy atom. The first-order chi connectivity index (χ1) is 6.74. The molecule has 0 fully saturated rings. The molecule has 0 bridgehead atoms. The van der Waals surface area contributed by atoms with E-state index < -0.39 is 0 Å². The molecule has 1 heterocycles. The van der Waals surface area contributed by atoms with E-state index in [-0.39, 0.29) is 0 Å². The predicted octanol–water partition coefficient (Wildman–Crippen LogP) is 2.47. The van der Waals surface area contributed by atoms with Crippen LogP contribution in [0.25, 0.3) is 0 Å². The van der Waals surface area contributed by atoms with Crippen LogP contribution in [0.3, 0.4) is 0 Å². The second kappa shape index (κ2) is 3.52. The molecule has 0 aromatic heterocycles. The highest BCUT2D eigenvalue weighted by atomic mass is 16.5. The fourth-order valence-corrected chi connectivity index (χ4v) is 2.13. The van der Waals surface area contributed by atoms with E-state index in [1.165, 1.54) is 11.3 Å². The molecule has 2 heteroatoms. The lowest BCUT2D eigenvalue weighted by atomic mass is 10.1.